The third-order valence-electron chi connectivity index (χ3n) is 3.93. The van der Waals surface area contributed by atoms with Gasteiger partial charge in [-0.2, -0.15) is 5.10 Å². The summed E-state index contributed by atoms with van der Waals surface area (Å²) in [5.74, 6) is -0.942. The predicted molar refractivity (Wildman–Crippen MR) is 117 cm³/mol. The minimum atomic E-state index is -0.552. The zero-order valence-electron chi connectivity index (χ0n) is 16.1. The quantitative estimate of drug-likeness (QED) is 0.277. The summed E-state index contributed by atoms with van der Waals surface area (Å²) in [6, 6.07) is 23.6. The minimum absolute atomic E-state index is 0.0641. The fourth-order valence-corrected chi connectivity index (χ4v) is 2.45. The van der Waals surface area contributed by atoms with Crippen LogP contribution in [0, 0.1) is 0 Å². The first-order chi connectivity index (χ1) is 14.7. The van der Waals surface area contributed by atoms with Crippen LogP contribution in [0.5, 0.6) is 0 Å². The molecule has 1 heterocycles. The molecule has 1 aromatic heterocycles. The molecule has 30 heavy (non-hydrogen) atoms. The highest BCUT2D eigenvalue weighted by Crippen LogP contribution is 2.04. The number of rotatable bonds is 7. The molecule has 0 saturated heterocycles. The standard InChI is InChI=1S/C24H20N4O2/c29-23(20-13-5-2-6-14-20)27-22(16-9-12-19-10-3-1-4-11-19)24(30)28-26-18-21-15-7-8-17-25-21/h1-18H,(H,27,29)(H,28,30)/b12-9+,22-16-,26-18-. The Bertz CT molecular complexity index is 1060. The summed E-state index contributed by atoms with van der Waals surface area (Å²) in [7, 11) is 0. The van der Waals surface area contributed by atoms with Gasteiger partial charge in [0.15, 0.2) is 0 Å². The molecule has 6 nitrogen and oxygen atoms in total. The highest BCUT2D eigenvalue weighted by molar-refractivity contribution is 6.03. The summed E-state index contributed by atoms with van der Waals surface area (Å²) < 4.78 is 0. The summed E-state index contributed by atoms with van der Waals surface area (Å²) in [5, 5.41) is 6.54. The van der Waals surface area contributed by atoms with Gasteiger partial charge < -0.3 is 5.32 Å². The maximum absolute atomic E-state index is 12.6. The molecule has 6 heteroatoms. The van der Waals surface area contributed by atoms with Crippen LogP contribution in [0.15, 0.2) is 108 Å². The molecule has 3 aromatic rings. The van der Waals surface area contributed by atoms with Crippen molar-refractivity contribution in [1.82, 2.24) is 15.7 Å². The van der Waals surface area contributed by atoms with Gasteiger partial charge in [-0.25, -0.2) is 5.43 Å². The van der Waals surface area contributed by atoms with Crippen molar-refractivity contribution in [2.45, 2.75) is 0 Å². The fraction of sp³-hybridized carbons (Fsp3) is 0. The van der Waals surface area contributed by atoms with Crippen LogP contribution in [0.25, 0.3) is 6.08 Å². The summed E-state index contributed by atoms with van der Waals surface area (Å²) in [4.78, 5) is 29.2. The number of pyridine rings is 1. The average molecular weight is 396 g/mol. The maximum atomic E-state index is 12.6. The van der Waals surface area contributed by atoms with Crippen LogP contribution >= 0.6 is 0 Å². The summed E-state index contributed by atoms with van der Waals surface area (Å²) in [6.07, 6.45) is 8.11. The van der Waals surface area contributed by atoms with Gasteiger partial charge in [-0.05, 0) is 35.9 Å². The van der Waals surface area contributed by atoms with Crippen LogP contribution in [-0.2, 0) is 4.79 Å². The van der Waals surface area contributed by atoms with Crippen molar-refractivity contribution >= 4 is 24.1 Å². The van der Waals surface area contributed by atoms with E-state index in [2.05, 4.69) is 20.8 Å². The summed E-state index contributed by atoms with van der Waals surface area (Å²) >= 11 is 0. The van der Waals surface area contributed by atoms with Crippen LogP contribution in [0.1, 0.15) is 21.6 Å². The number of nitrogens with one attached hydrogen (secondary N) is 2. The Morgan fingerprint density at radius 3 is 2.27 bits per heavy atom. The van der Waals surface area contributed by atoms with Crippen LogP contribution in [0.3, 0.4) is 0 Å². The number of amides is 2. The largest absolute Gasteiger partial charge is 0.317 e. The Morgan fingerprint density at radius 2 is 1.57 bits per heavy atom. The zero-order chi connectivity index (χ0) is 21.0. The monoisotopic (exact) mass is 396 g/mol. The van der Waals surface area contributed by atoms with Crippen molar-refractivity contribution in [2.24, 2.45) is 5.10 Å². The second-order valence-corrected chi connectivity index (χ2v) is 6.12. The zero-order valence-corrected chi connectivity index (χ0v) is 16.1. The minimum Gasteiger partial charge on any atom is -0.317 e. The molecule has 2 N–H and O–H groups in total. The van der Waals surface area contributed by atoms with Gasteiger partial charge in [-0.1, -0.05) is 66.7 Å². The normalized spacial score (nSPS) is 11.5. The number of carbonyl (C=O) groups excluding carboxylic acids is 2. The number of hydrogen-bond acceptors (Lipinski definition) is 4. The molecule has 0 spiro atoms. The second-order valence-electron chi connectivity index (χ2n) is 6.12. The van der Waals surface area contributed by atoms with Crippen molar-refractivity contribution in [1.29, 1.82) is 0 Å². The number of benzene rings is 2. The number of hydrazone groups is 1. The molecular formula is C24H20N4O2. The van der Waals surface area contributed by atoms with E-state index < -0.39 is 5.91 Å². The van der Waals surface area contributed by atoms with Gasteiger partial charge in [0.05, 0.1) is 11.9 Å². The first kappa shape index (κ1) is 20.4. The van der Waals surface area contributed by atoms with Crippen LogP contribution in [0.4, 0.5) is 0 Å². The second kappa shape index (κ2) is 10.9. The van der Waals surface area contributed by atoms with Crippen molar-refractivity contribution in [3.05, 3.63) is 120 Å². The van der Waals surface area contributed by atoms with E-state index >= 15 is 0 Å². The molecule has 0 aliphatic carbocycles. The molecule has 0 saturated carbocycles. The van der Waals surface area contributed by atoms with E-state index in [-0.39, 0.29) is 11.6 Å². The van der Waals surface area contributed by atoms with E-state index in [0.29, 0.717) is 11.3 Å². The van der Waals surface area contributed by atoms with Gasteiger partial charge >= 0.3 is 0 Å². The van der Waals surface area contributed by atoms with Gasteiger partial charge in [0, 0.05) is 11.8 Å². The van der Waals surface area contributed by atoms with Crippen molar-refractivity contribution in [3.63, 3.8) is 0 Å². The molecule has 0 bridgehead atoms. The van der Waals surface area contributed by atoms with E-state index in [1.807, 2.05) is 48.5 Å². The Kier molecular flexibility index (Phi) is 7.40. The number of aromatic nitrogens is 1. The average Bonchev–Trinajstić information content (AvgIpc) is 2.80. The molecule has 0 aliphatic rings. The molecular weight excluding hydrogens is 376 g/mol. The lowest BCUT2D eigenvalue weighted by Crippen LogP contribution is -2.32. The Hall–Kier alpha value is -4.32. The number of carbonyl (C=O) groups is 2. The molecule has 0 atom stereocenters. The van der Waals surface area contributed by atoms with E-state index in [1.165, 1.54) is 12.3 Å². The molecule has 2 aromatic carbocycles. The van der Waals surface area contributed by atoms with Gasteiger partial charge in [-0.3, -0.25) is 14.6 Å². The van der Waals surface area contributed by atoms with E-state index in [9.17, 15) is 9.59 Å². The molecule has 0 aliphatic heterocycles. The lowest BCUT2D eigenvalue weighted by atomic mass is 10.2. The first-order valence-electron chi connectivity index (χ1n) is 9.26. The van der Waals surface area contributed by atoms with Gasteiger partial charge in [0.2, 0.25) is 0 Å². The Labute approximate surface area is 174 Å². The molecule has 0 radical (unpaired) electrons. The van der Waals surface area contributed by atoms with Crippen LogP contribution < -0.4 is 10.7 Å². The fourth-order valence-electron chi connectivity index (χ4n) is 2.45. The molecule has 148 valence electrons. The molecule has 0 unspecified atom stereocenters. The van der Waals surface area contributed by atoms with Gasteiger partial charge in [-0.15, -0.1) is 0 Å². The topological polar surface area (TPSA) is 83.4 Å². The van der Waals surface area contributed by atoms with Gasteiger partial charge in [0.1, 0.15) is 5.70 Å². The predicted octanol–water partition coefficient (Wildman–Crippen LogP) is 3.56. The SMILES string of the molecule is O=C(N/N=C\c1ccccn1)/C(=C/C=C/c1ccccc1)NC(=O)c1ccccc1. The smallest absolute Gasteiger partial charge is 0.287 e. The first-order valence-corrected chi connectivity index (χ1v) is 9.26. The van der Waals surface area contributed by atoms with Crippen LogP contribution in [-0.4, -0.2) is 23.0 Å². The summed E-state index contributed by atoms with van der Waals surface area (Å²) in [5.41, 5.74) is 4.49. The number of hydrogen-bond donors (Lipinski definition) is 2. The molecule has 0 fully saturated rings. The lowest BCUT2D eigenvalue weighted by Gasteiger charge is -2.08. The number of allylic oxidation sites excluding steroid dienone is 2. The van der Waals surface area contributed by atoms with E-state index in [4.69, 9.17) is 0 Å². The van der Waals surface area contributed by atoms with Crippen molar-refractivity contribution in [3.8, 4) is 0 Å². The van der Waals surface area contributed by atoms with Crippen LogP contribution in [0.2, 0.25) is 0 Å². The highest BCUT2D eigenvalue weighted by atomic mass is 16.2. The third kappa shape index (κ3) is 6.38. The molecule has 3 rings (SSSR count). The highest BCUT2D eigenvalue weighted by Gasteiger charge is 2.13. The van der Waals surface area contributed by atoms with E-state index in [0.717, 1.165) is 5.56 Å². The third-order valence-corrected chi connectivity index (χ3v) is 3.93. The Balaban J connectivity index is 1.74. The number of nitrogens with zero attached hydrogens (tertiary/aromatic N) is 2. The maximum Gasteiger partial charge on any atom is 0.287 e. The van der Waals surface area contributed by atoms with Gasteiger partial charge in [0.25, 0.3) is 11.8 Å². The Morgan fingerprint density at radius 1 is 0.867 bits per heavy atom. The lowest BCUT2D eigenvalue weighted by molar-refractivity contribution is -0.117. The van der Waals surface area contributed by atoms with E-state index in [1.54, 1.807) is 48.7 Å². The molecule has 2 amide bonds. The van der Waals surface area contributed by atoms with Crippen molar-refractivity contribution < 1.29 is 9.59 Å². The van der Waals surface area contributed by atoms with Crippen molar-refractivity contribution in [2.75, 3.05) is 0 Å². The summed E-state index contributed by atoms with van der Waals surface area (Å²) in [6.45, 7) is 0.